The molecule has 44 heavy (non-hydrogen) atoms. The molecule has 0 aliphatic heterocycles. The second-order valence-corrected chi connectivity index (χ2v) is 17.2. The summed E-state index contributed by atoms with van der Waals surface area (Å²) in [6.07, 6.45) is 3.58. The van der Waals surface area contributed by atoms with E-state index in [1.165, 1.54) is 23.4 Å². The molecule has 0 atom stereocenters. The molecule has 0 N–H and O–H groups in total. The number of halogens is 1. The average Bonchev–Trinajstić information content (AvgIpc) is 3.37. The van der Waals surface area contributed by atoms with Gasteiger partial charge in [0.2, 0.25) is 0 Å². The van der Waals surface area contributed by atoms with Crippen molar-refractivity contribution in [2.24, 2.45) is 0 Å². The van der Waals surface area contributed by atoms with E-state index >= 15 is 0 Å². The van der Waals surface area contributed by atoms with Crippen molar-refractivity contribution in [3.8, 4) is 22.5 Å². The van der Waals surface area contributed by atoms with Crippen LogP contribution in [0, 0.1) is 24.8 Å². The molecular formula is C38H39FIrN2OSi-2. The zero-order valence-electron chi connectivity index (χ0n) is 31.0. The van der Waals surface area contributed by atoms with Crippen molar-refractivity contribution < 1.29 is 35.8 Å². The molecule has 3 heterocycles. The largest absolute Gasteiger partial charge is 0.500 e. The maximum atomic E-state index is 13.5. The Kier molecular flexibility index (Phi) is 8.37. The van der Waals surface area contributed by atoms with E-state index in [1.54, 1.807) is 24.4 Å². The molecule has 0 aliphatic carbocycles. The number of fused-ring (bicyclic) bond motifs is 3. The summed E-state index contributed by atoms with van der Waals surface area (Å²) in [5, 5.41) is 2.94. The molecule has 3 aromatic carbocycles. The van der Waals surface area contributed by atoms with E-state index in [0.29, 0.717) is 16.9 Å². The molecule has 0 bridgehead atoms. The molecule has 229 valence electrons. The number of nitrogens with zero attached hydrogens (tertiary/aromatic N) is 2. The van der Waals surface area contributed by atoms with Gasteiger partial charge in [0.25, 0.3) is 0 Å². The van der Waals surface area contributed by atoms with Gasteiger partial charge in [-0.1, -0.05) is 88.4 Å². The van der Waals surface area contributed by atoms with Crippen molar-refractivity contribution in [2.75, 3.05) is 0 Å². The molecule has 1 radical (unpaired) electrons. The quantitative estimate of drug-likeness (QED) is 0.129. The Morgan fingerprint density at radius 2 is 1.68 bits per heavy atom. The van der Waals surface area contributed by atoms with E-state index in [9.17, 15) is 4.39 Å². The van der Waals surface area contributed by atoms with Gasteiger partial charge in [-0.15, -0.1) is 53.6 Å². The van der Waals surface area contributed by atoms with Crippen LogP contribution in [0.25, 0.3) is 44.5 Å². The minimum atomic E-state index is -2.13. The third kappa shape index (κ3) is 7.26. The second kappa shape index (κ2) is 13.7. The van der Waals surface area contributed by atoms with Crippen LogP contribution < -0.4 is 5.19 Å². The number of hydrogen-bond acceptors (Lipinski definition) is 3. The van der Waals surface area contributed by atoms with Gasteiger partial charge in [0.15, 0.2) is 0 Å². The van der Waals surface area contributed by atoms with Gasteiger partial charge in [-0.05, 0) is 46.6 Å². The first-order valence-corrected chi connectivity index (χ1v) is 17.8. The van der Waals surface area contributed by atoms with Crippen LogP contribution in [0.5, 0.6) is 0 Å². The van der Waals surface area contributed by atoms with E-state index in [2.05, 4.69) is 41.7 Å². The fraction of sp³-hybridized carbons (Fsp3) is 0.263. The van der Waals surface area contributed by atoms with Crippen molar-refractivity contribution in [2.45, 2.75) is 66.0 Å². The van der Waals surface area contributed by atoms with Gasteiger partial charge in [-0.2, -0.15) is 0 Å². The van der Waals surface area contributed by atoms with E-state index in [0.717, 1.165) is 38.7 Å². The van der Waals surface area contributed by atoms with E-state index in [4.69, 9.17) is 11.3 Å². The monoisotopic (exact) mass is 784 g/mol. The first kappa shape index (κ1) is 26.9. The standard InChI is InChI=1S/C20H15FNO.C18H24NSi.Ir/c1-12(2)13-8-9-22-18(10-13)17-5-3-4-16-15-7-6-14(21)11-19(15)23-20(16)17;1-13(2)16-11-17(15-9-7-14(3)8-10-15)19-12-18(16)20(4,5)6;/h3-4,6-12H,1-2H3;7-9,11-13H,1-6H3;/q2*-1;/i12D;3D3,13D;. The number of pyridine rings is 2. The summed E-state index contributed by atoms with van der Waals surface area (Å²) in [5.74, 6) is -1.77. The maximum Gasteiger partial charge on any atom is 0.126 e. The Bertz CT molecular complexity index is 2090. The van der Waals surface area contributed by atoms with Gasteiger partial charge in [-0.3, -0.25) is 0 Å². The first-order valence-electron chi connectivity index (χ1n) is 16.8. The number of aromatic nitrogens is 2. The van der Waals surface area contributed by atoms with Crippen molar-refractivity contribution >= 4 is 35.2 Å². The Morgan fingerprint density at radius 1 is 0.886 bits per heavy atom. The fourth-order valence-corrected chi connectivity index (χ4v) is 6.56. The summed E-state index contributed by atoms with van der Waals surface area (Å²) in [5.41, 5.74) is 6.13. The molecule has 0 aliphatic rings. The zero-order valence-corrected chi connectivity index (χ0v) is 29.4. The smallest absolute Gasteiger partial charge is 0.126 e. The number of aryl methyl sites for hydroxylation is 1. The van der Waals surface area contributed by atoms with Crippen LogP contribution in [-0.2, 0) is 20.1 Å². The molecule has 0 unspecified atom stereocenters. The van der Waals surface area contributed by atoms with Crippen LogP contribution in [0.3, 0.4) is 0 Å². The van der Waals surface area contributed by atoms with Gasteiger partial charge in [-0.25, -0.2) is 4.39 Å². The Morgan fingerprint density at radius 3 is 2.34 bits per heavy atom. The third-order valence-electron chi connectivity index (χ3n) is 7.33. The van der Waals surface area contributed by atoms with Gasteiger partial charge in [0.1, 0.15) is 11.4 Å². The molecule has 0 spiro atoms. The van der Waals surface area contributed by atoms with E-state index in [1.807, 2.05) is 64.2 Å². The van der Waals surface area contributed by atoms with Crippen LogP contribution in [0.2, 0.25) is 19.6 Å². The molecule has 0 saturated carbocycles. The molecule has 0 fully saturated rings. The van der Waals surface area contributed by atoms with Crippen molar-refractivity contribution in [1.29, 1.82) is 0 Å². The summed E-state index contributed by atoms with van der Waals surface area (Å²) in [6.45, 7) is 12.1. The first-order chi connectivity index (χ1) is 22.2. The maximum absolute atomic E-state index is 13.5. The van der Waals surface area contributed by atoms with Crippen molar-refractivity contribution in [3.05, 3.63) is 114 Å². The molecule has 6 heteroatoms. The molecule has 6 aromatic rings. The summed E-state index contributed by atoms with van der Waals surface area (Å²) in [7, 11) is -1.61. The minimum Gasteiger partial charge on any atom is -0.500 e. The van der Waals surface area contributed by atoms with Crippen LogP contribution in [0.1, 0.15) is 63.0 Å². The van der Waals surface area contributed by atoms with Gasteiger partial charge in [0.05, 0.1) is 13.7 Å². The summed E-state index contributed by atoms with van der Waals surface area (Å²) in [6, 6.07) is 25.0. The molecule has 3 nitrogen and oxygen atoms in total. The molecule has 0 amide bonds. The third-order valence-corrected chi connectivity index (χ3v) is 9.34. The number of rotatable bonds is 5. The fourth-order valence-electron chi connectivity index (χ4n) is 4.98. The normalized spacial score (nSPS) is 14.0. The van der Waals surface area contributed by atoms with Gasteiger partial charge >= 0.3 is 0 Å². The van der Waals surface area contributed by atoms with Crippen LogP contribution in [0.15, 0.2) is 83.5 Å². The molecule has 3 aromatic heterocycles. The predicted molar refractivity (Wildman–Crippen MR) is 180 cm³/mol. The van der Waals surface area contributed by atoms with E-state index in [-0.39, 0.29) is 31.5 Å². The summed E-state index contributed by atoms with van der Waals surface area (Å²) < 4.78 is 58.4. The minimum absolute atomic E-state index is 0. The number of hydrogen-bond donors (Lipinski definition) is 0. The van der Waals surface area contributed by atoms with Crippen LogP contribution in [0.4, 0.5) is 4.39 Å². The van der Waals surface area contributed by atoms with Crippen LogP contribution >= 0.6 is 0 Å². The topological polar surface area (TPSA) is 38.9 Å². The van der Waals surface area contributed by atoms with Gasteiger partial charge in [0, 0.05) is 50.8 Å². The van der Waals surface area contributed by atoms with Crippen LogP contribution in [-0.4, -0.2) is 18.0 Å². The van der Waals surface area contributed by atoms with Crippen molar-refractivity contribution in [3.63, 3.8) is 0 Å². The second-order valence-electron chi connectivity index (χ2n) is 12.1. The van der Waals surface area contributed by atoms with E-state index < -0.39 is 26.7 Å². The number of benzene rings is 3. The predicted octanol–water partition coefficient (Wildman–Crippen LogP) is 10.2. The Balaban J connectivity index is 0.000000216. The van der Waals surface area contributed by atoms with Crippen molar-refractivity contribution in [1.82, 2.24) is 9.97 Å². The molecule has 6 rings (SSSR count). The van der Waals surface area contributed by atoms with Gasteiger partial charge < -0.3 is 14.4 Å². The Hall–Kier alpha value is -3.44. The molecule has 0 saturated heterocycles. The zero-order chi connectivity index (χ0) is 35.2. The Labute approximate surface area is 282 Å². The summed E-state index contributed by atoms with van der Waals surface area (Å²) in [4.78, 5) is 8.97. The molecular weight excluding hydrogens is 740 g/mol. The summed E-state index contributed by atoms with van der Waals surface area (Å²) >= 11 is 0. The average molecular weight is 784 g/mol. The SMILES string of the molecule is [2H]C(C)(C)c1ccnc(-c2[c-]ccc3c2oc2cc(F)ccc23)c1.[2H]C([2H])([2H])c1c[c-]c(-c2cc(C([2H])(C)C)c([Si](C)(C)C)cn2)cc1.[Ir]. The number of furan rings is 1.